The van der Waals surface area contributed by atoms with Crippen molar-refractivity contribution in [2.24, 2.45) is 4.99 Å². The van der Waals surface area contributed by atoms with Crippen LogP contribution in [0.5, 0.6) is 5.75 Å². The summed E-state index contributed by atoms with van der Waals surface area (Å²) in [4.78, 5) is 9.59. The first kappa shape index (κ1) is 22.0. The van der Waals surface area contributed by atoms with Gasteiger partial charge in [-0.1, -0.05) is 18.2 Å². The summed E-state index contributed by atoms with van der Waals surface area (Å²) in [5, 5.41) is 4.30. The highest BCUT2D eigenvalue weighted by Crippen LogP contribution is 2.20. The molecule has 150 valence electrons. The van der Waals surface area contributed by atoms with Crippen LogP contribution in [0.2, 0.25) is 0 Å². The number of guanidine groups is 1. The lowest BCUT2D eigenvalue weighted by atomic mass is 10.1. The van der Waals surface area contributed by atoms with Crippen LogP contribution in [0.15, 0.2) is 53.7 Å². The van der Waals surface area contributed by atoms with Gasteiger partial charge in [0.1, 0.15) is 11.6 Å². The predicted molar refractivity (Wildman–Crippen MR) is 123 cm³/mol. The molecule has 0 aliphatic rings. The third kappa shape index (κ3) is 5.15. The maximum atomic E-state index is 13.5. The molecule has 0 saturated carbocycles. The van der Waals surface area contributed by atoms with Crippen LogP contribution in [0, 0.1) is 5.82 Å². The summed E-state index contributed by atoms with van der Waals surface area (Å²) in [7, 11) is 5.43. The number of aromatic amines is 1. The Hall–Kier alpha value is -2.29. The Morgan fingerprint density at radius 2 is 2.00 bits per heavy atom. The van der Waals surface area contributed by atoms with Crippen LogP contribution in [0.25, 0.3) is 10.9 Å². The van der Waals surface area contributed by atoms with Gasteiger partial charge in [-0.2, -0.15) is 0 Å². The van der Waals surface area contributed by atoms with E-state index in [0.717, 1.165) is 40.2 Å². The van der Waals surface area contributed by atoms with Crippen molar-refractivity contribution in [1.29, 1.82) is 0 Å². The number of ether oxygens (including phenoxy) is 1. The largest absolute Gasteiger partial charge is 0.496 e. The summed E-state index contributed by atoms with van der Waals surface area (Å²) in [5.41, 5.74) is 3.13. The Balaban J connectivity index is 0.00000280. The summed E-state index contributed by atoms with van der Waals surface area (Å²) in [6.07, 6.45) is 2.71. The third-order valence-corrected chi connectivity index (χ3v) is 4.58. The van der Waals surface area contributed by atoms with Gasteiger partial charge >= 0.3 is 0 Å². The van der Waals surface area contributed by atoms with E-state index in [1.165, 1.54) is 6.07 Å². The van der Waals surface area contributed by atoms with Gasteiger partial charge in [0.2, 0.25) is 0 Å². The molecule has 28 heavy (non-hydrogen) atoms. The highest BCUT2D eigenvalue weighted by molar-refractivity contribution is 14.0. The quantitative estimate of drug-likeness (QED) is 0.306. The molecular weight excluding hydrogens is 470 g/mol. The van der Waals surface area contributed by atoms with E-state index in [4.69, 9.17) is 4.74 Å². The second kappa shape index (κ2) is 10.3. The van der Waals surface area contributed by atoms with Gasteiger partial charge in [-0.05, 0) is 36.2 Å². The highest BCUT2D eigenvalue weighted by atomic mass is 127. The Labute approximate surface area is 182 Å². The zero-order valence-corrected chi connectivity index (χ0v) is 18.7. The summed E-state index contributed by atoms with van der Waals surface area (Å²) >= 11 is 0. The Kier molecular flexibility index (Phi) is 8.10. The summed E-state index contributed by atoms with van der Waals surface area (Å²) in [5.74, 6) is 1.44. The molecule has 0 aliphatic heterocycles. The molecule has 2 aromatic carbocycles. The number of methoxy groups -OCH3 is 1. The van der Waals surface area contributed by atoms with Gasteiger partial charge in [0.25, 0.3) is 0 Å². The standard InChI is InChI=1S/C21H25FN4O.HI/c1-23-21(26(2)14-16-6-4-5-7-20(16)27-3)24-11-10-15-13-25-19-9-8-17(22)12-18(15)19;/h4-9,12-13,25H,10-11,14H2,1-3H3,(H,23,24);1H. The second-order valence-electron chi connectivity index (χ2n) is 6.40. The lowest BCUT2D eigenvalue weighted by Gasteiger charge is -2.23. The number of halogens is 2. The minimum Gasteiger partial charge on any atom is -0.496 e. The molecule has 5 nitrogen and oxygen atoms in total. The summed E-state index contributed by atoms with van der Waals surface area (Å²) in [6.45, 7) is 1.38. The maximum Gasteiger partial charge on any atom is 0.193 e. The predicted octanol–water partition coefficient (Wildman–Crippen LogP) is 4.18. The van der Waals surface area contributed by atoms with Gasteiger partial charge in [-0.15, -0.1) is 24.0 Å². The zero-order valence-electron chi connectivity index (χ0n) is 16.3. The van der Waals surface area contributed by atoms with Crippen molar-refractivity contribution in [2.45, 2.75) is 13.0 Å². The van der Waals surface area contributed by atoms with Crippen LogP contribution < -0.4 is 10.1 Å². The van der Waals surface area contributed by atoms with Crippen molar-refractivity contribution in [3.63, 3.8) is 0 Å². The number of rotatable bonds is 6. The fraction of sp³-hybridized carbons (Fsp3) is 0.286. The monoisotopic (exact) mass is 496 g/mol. The van der Waals surface area contributed by atoms with E-state index in [0.29, 0.717) is 13.1 Å². The normalized spacial score (nSPS) is 11.2. The first-order valence-corrected chi connectivity index (χ1v) is 8.91. The van der Waals surface area contributed by atoms with E-state index in [1.54, 1.807) is 26.3 Å². The van der Waals surface area contributed by atoms with E-state index in [9.17, 15) is 4.39 Å². The Morgan fingerprint density at radius 1 is 1.21 bits per heavy atom. The van der Waals surface area contributed by atoms with Gasteiger partial charge in [-0.25, -0.2) is 4.39 Å². The van der Waals surface area contributed by atoms with Crippen molar-refractivity contribution < 1.29 is 9.13 Å². The number of para-hydroxylation sites is 1. The van der Waals surface area contributed by atoms with Crippen LogP contribution in [0.1, 0.15) is 11.1 Å². The van der Waals surface area contributed by atoms with Crippen LogP contribution in [-0.2, 0) is 13.0 Å². The molecule has 0 bridgehead atoms. The molecule has 0 radical (unpaired) electrons. The van der Waals surface area contributed by atoms with Gasteiger partial charge < -0.3 is 19.9 Å². The highest BCUT2D eigenvalue weighted by Gasteiger charge is 2.10. The van der Waals surface area contributed by atoms with Crippen molar-refractivity contribution >= 4 is 40.8 Å². The average Bonchev–Trinajstić information content (AvgIpc) is 3.07. The number of benzene rings is 2. The van der Waals surface area contributed by atoms with E-state index < -0.39 is 0 Å². The average molecular weight is 496 g/mol. The first-order valence-electron chi connectivity index (χ1n) is 8.91. The molecule has 0 atom stereocenters. The number of fused-ring (bicyclic) bond motifs is 1. The molecule has 0 spiro atoms. The fourth-order valence-electron chi connectivity index (χ4n) is 3.22. The smallest absolute Gasteiger partial charge is 0.193 e. The minimum absolute atomic E-state index is 0. The minimum atomic E-state index is -0.219. The topological polar surface area (TPSA) is 52.7 Å². The SMILES string of the molecule is CN=C(NCCc1c[nH]c2ccc(F)cc12)N(C)Cc1ccccc1OC.I. The number of nitrogens with one attached hydrogen (secondary N) is 2. The van der Waals surface area contributed by atoms with Crippen molar-refractivity contribution in [1.82, 2.24) is 15.2 Å². The molecule has 0 aliphatic carbocycles. The molecule has 1 aromatic heterocycles. The molecule has 0 saturated heterocycles. The molecule has 0 fully saturated rings. The van der Waals surface area contributed by atoms with Crippen molar-refractivity contribution in [3.05, 3.63) is 65.6 Å². The van der Waals surface area contributed by atoms with Crippen LogP contribution in [0.3, 0.4) is 0 Å². The fourth-order valence-corrected chi connectivity index (χ4v) is 3.22. The van der Waals surface area contributed by atoms with Crippen LogP contribution in [-0.4, -0.2) is 43.6 Å². The van der Waals surface area contributed by atoms with Gasteiger partial charge in [0.15, 0.2) is 5.96 Å². The number of H-pyrrole nitrogens is 1. The second-order valence-corrected chi connectivity index (χ2v) is 6.40. The summed E-state index contributed by atoms with van der Waals surface area (Å²) < 4.78 is 18.9. The molecular formula is C21H26FIN4O. The molecule has 3 aromatic rings. The number of nitrogens with zero attached hydrogens (tertiary/aromatic N) is 2. The van der Waals surface area contributed by atoms with Gasteiger partial charge in [-0.3, -0.25) is 4.99 Å². The molecule has 0 amide bonds. The number of aromatic nitrogens is 1. The van der Waals surface area contributed by atoms with E-state index >= 15 is 0 Å². The number of aliphatic imine (C=N–C) groups is 1. The van der Waals surface area contributed by atoms with Gasteiger partial charge in [0.05, 0.1) is 7.11 Å². The van der Waals surface area contributed by atoms with E-state index in [2.05, 4.69) is 15.3 Å². The van der Waals surface area contributed by atoms with Gasteiger partial charge in [0, 0.05) is 49.8 Å². The molecule has 3 rings (SSSR count). The summed E-state index contributed by atoms with van der Waals surface area (Å²) in [6, 6.07) is 12.8. The lowest BCUT2D eigenvalue weighted by molar-refractivity contribution is 0.396. The van der Waals surface area contributed by atoms with Crippen LogP contribution in [0.4, 0.5) is 4.39 Å². The molecule has 0 unspecified atom stereocenters. The van der Waals surface area contributed by atoms with E-state index in [-0.39, 0.29) is 29.8 Å². The maximum absolute atomic E-state index is 13.5. The zero-order chi connectivity index (χ0) is 19.2. The lowest BCUT2D eigenvalue weighted by Crippen LogP contribution is -2.39. The molecule has 1 heterocycles. The number of hydrogen-bond donors (Lipinski definition) is 2. The third-order valence-electron chi connectivity index (χ3n) is 4.58. The van der Waals surface area contributed by atoms with Crippen molar-refractivity contribution in [2.75, 3.05) is 27.7 Å². The first-order chi connectivity index (χ1) is 13.1. The Morgan fingerprint density at radius 3 is 2.75 bits per heavy atom. The Bertz CT molecular complexity index is 941. The number of hydrogen-bond acceptors (Lipinski definition) is 2. The van der Waals surface area contributed by atoms with E-state index in [1.807, 2.05) is 42.4 Å². The molecule has 7 heteroatoms. The van der Waals surface area contributed by atoms with Crippen molar-refractivity contribution in [3.8, 4) is 5.75 Å². The molecule has 2 N–H and O–H groups in total. The van der Waals surface area contributed by atoms with Crippen LogP contribution >= 0.6 is 24.0 Å².